The Hall–Kier alpha value is -3.79. The number of esters is 3. The quantitative estimate of drug-likeness (QED) is 0.262. The Morgan fingerprint density at radius 3 is 2.19 bits per heavy atom. The highest BCUT2D eigenvalue weighted by Crippen LogP contribution is 2.42. The van der Waals surface area contributed by atoms with E-state index in [1.807, 2.05) is 6.07 Å². The molecule has 10 heteroatoms. The summed E-state index contributed by atoms with van der Waals surface area (Å²) in [5.41, 5.74) is 1.24. The van der Waals surface area contributed by atoms with Gasteiger partial charge in [-0.3, -0.25) is 19.2 Å². The number of carbonyl (C=O) groups is 4. The van der Waals surface area contributed by atoms with E-state index in [1.54, 1.807) is 36.4 Å². The second-order valence-corrected chi connectivity index (χ2v) is 9.25. The van der Waals surface area contributed by atoms with Crippen LogP contribution in [0.4, 0.5) is 0 Å². The highest BCUT2D eigenvalue weighted by Gasteiger charge is 2.48. The molecule has 188 valence electrons. The number of hydrogen-bond acceptors (Lipinski definition) is 10. The van der Waals surface area contributed by atoms with Crippen molar-refractivity contribution >= 4 is 35.5 Å². The van der Waals surface area contributed by atoms with Crippen LogP contribution in [0, 0.1) is 0 Å². The van der Waals surface area contributed by atoms with Crippen LogP contribution in [0.1, 0.15) is 36.7 Å². The maximum atomic E-state index is 13.2. The summed E-state index contributed by atoms with van der Waals surface area (Å²) >= 11 is 1.24. The van der Waals surface area contributed by atoms with Gasteiger partial charge in [0.25, 0.3) is 0 Å². The molecule has 0 spiro atoms. The minimum Gasteiger partial charge on any atom is -0.475 e. The van der Waals surface area contributed by atoms with Crippen molar-refractivity contribution < 1.29 is 42.5 Å². The van der Waals surface area contributed by atoms with Gasteiger partial charge in [0.15, 0.2) is 29.5 Å². The van der Waals surface area contributed by atoms with Crippen LogP contribution in [0.15, 0.2) is 59.4 Å². The zero-order valence-corrected chi connectivity index (χ0v) is 20.6. The molecule has 9 nitrogen and oxygen atoms in total. The number of ether oxygens (including phenoxy) is 4. The van der Waals surface area contributed by atoms with Crippen LogP contribution < -0.4 is 4.74 Å². The molecule has 1 aliphatic carbocycles. The molecule has 2 aliphatic heterocycles. The molecule has 36 heavy (non-hydrogen) atoms. The van der Waals surface area contributed by atoms with E-state index in [4.69, 9.17) is 23.4 Å². The van der Waals surface area contributed by atoms with Gasteiger partial charge in [-0.15, -0.1) is 11.8 Å². The van der Waals surface area contributed by atoms with Crippen LogP contribution >= 0.6 is 11.8 Å². The molecule has 0 bridgehead atoms. The van der Waals surface area contributed by atoms with Crippen LogP contribution in [0.25, 0.3) is 11.1 Å². The van der Waals surface area contributed by atoms with Gasteiger partial charge in [0, 0.05) is 48.8 Å². The molecular weight excluding hydrogens is 488 g/mol. The molecule has 1 aromatic rings. The van der Waals surface area contributed by atoms with Gasteiger partial charge in [0.2, 0.25) is 0 Å². The lowest BCUT2D eigenvalue weighted by Crippen LogP contribution is -2.55. The van der Waals surface area contributed by atoms with Crippen molar-refractivity contribution in [3.63, 3.8) is 0 Å². The number of fused-ring (bicyclic) bond motifs is 1. The molecule has 1 aromatic carbocycles. The molecule has 4 rings (SSSR count). The summed E-state index contributed by atoms with van der Waals surface area (Å²) < 4.78 is 27.8. The van der Waals surface area contributed by atoms with Crippen molar-refractivity contribution in [1.82, 2.24) is 0 Å². The highest BCUT2D eigenvalue weighted by molar-refractivity contribution is 7.99. The van der Waals surface area contributed by atoms with E-state index in [9.17, 15) is 19.2 Å². The fourth-order valence-electron chi connectivity index (χ4n) is 4.04. The summed E-state index contributed by atoms with van der Waals surface area (Å²) in [5, 5.41) is 0. The zero-order chi connectivity index (χ0) is 25.8. The lowest BCUT2D eigenvalue weighted by atomic mass is 10.0. The largest absolute Gasteiger partial charge is 0.475 e. The standard InChI is InChI=1S/C26H24O9S/c1-14(27)32-22-13-36-26(25(34-16(3)29)24(22)33-15(2)28)35-21-11-19(20-12-31-10-9-18(20)21)23(30)17-7-5-4-6-8-17/h4-12,22,24-26H,13H2,1-3H3/t22-,24+,25-,26+/m1/s1. The minimum atomic E-state index is -1.08. The van der Waals surface area contributed by atoms with E-state index < -0.39 is 41.7 Å². The average Bonchev–Trinajstić information content (AvgIpc) is 3.20. The smallest absolute Gasteiger partial charge is 0.303 e. The van der Waals surface area contributed by atoms with E-state index in [-0.39, 0.29) is 11.5 Å². The van der Waals surface area contributed by atoms with Gasteiger partial charge in [0.05, 0.1) is 12.5 Å². The Kier molecular flexibility index (Phi) is 7.64. The van der Waals surface area contributed by atoms with Gasteiger partial charge < -0.3 is 23.4 Å². The van der Waals surface area contributed by atoms with Crippen LogP contribution in [0.5, 0.6) is 5.75 Å². The Labute approximate surface area is 211 Å². The molecule has 0 N–H and O–H groups in total. The third-order valence-electron chi connectivity index (χ3n) is 5.45. The molecule has 1 fully saturated rings. The molecule has 3 aliphatic rings. The van der Waals surface area contributed by atoms with Gasteiger partial charge >= 0.3 is 17.9 Å². The van der Waals surface area contributed by atoms with E-state index in [1.165, 1.54) is 45.1 Å². The predicted octanol–water partition coefficient (Wildman–Crippen LogP) is 3.86. The molecule has 0 saturated carbocycles. The number of thioether (sulfide) groups is 1. The Bertz CT molecular complexity index is 1240. The Morgan fingerprint density at radius 1 is 0.861 bits per heavy atom. The summed E-state index contributed by atoms with van der Waals surface area (Å²) in [6.45, 7) is 3.67. The van der Waals surface area contributed by atoms with Crippen molar-refractivity contribution in [2.24, 2.45) is 0 Å². The lowest BCUT2D eigenvalue weighted by molar-refractivity contribution is -0.186. The van der Waals surface area contributed by atoms with Crippen molar-refractivity contribution in [2.45, 2.75) is 44.5 Å². The SMILES string of the molecule is CC(=O)O[C@@H]1[C@@H](OC(C)=O)[C@@H](Oc2cc(C(=O)c3ccccc3)c3coccc2-3)SC[C@H]1OC(C)=O. The third kappa shape index (κ3) is 5.54. The first-order valence-corrected chi connectivity index (χ1v) is 12.2. The molecule has 1 saturated heterocycles. The minimum absolute atomic E-state index is 0.211. The highest BCUT2D eigenvalue weighted by atomic mass is 32.2. The third-order valence-corrected chi connectivity index (χ3v) is 6.66. The first-order valence-electron chi connectivity index (χ1n) is 11.1. The Balaban J connectivity index is 1.68. The van der Waals surface area contributed by atoms with Gasteiger partial charge in [-0.25, -0.2) is 0 Å². The number of rotatable bonds is 7. The average molecular weight is 513 g/mol. The van der Waals surface area contributed by atoms with E-state index in [0.717, 1.165) is 0 Å². The number of hydrogen-bond donors (Lipinski definition) is 0. The Morgan fingerprint density at radius 2 is 1.53 bits per heavy atom. The van der Waals surface area contributed by atoms with Gasteiger partial charge in [0.1, 0.15) is 5.75 Å². The summed E-state index contributed by atoms with van der Waals surface area (Å²) in [5.74, 6) is -1.44. The van der Waals surface area contributed by atoms with Crippen LogP contribution in [-0.2, 0) is 28.6 Å². The maximum absolute atomic E-state index is 13.2. The second kappa shape index (κ2) is 10.9. The van der Waals surface area contributed by atoms with E-state index >= 15 is 0 Å². The van der Waals surface area contributed by atoms with Gasteiger partial charge in [-0.05, 0) is 12.1 Å². The van der Waals surface area contributed by atoms with Gasteiger partial charge in [-0.2, -0.15) is 0 Å². The molecule has 0 unspecified atom stereocenters. The summed E-state index contributed by atoms with van der Waals surface area (Å²) in [4.78, 5) is 48.6. The molecule has 0 radical (unpaired) electrons. The molecule has 4 atom stereocenters. The first-order chi connectivity index (χ1) is 17.2. The summed E-state index contributed by atoms with van der Waals surface area (Å²) in [7, 11) is 0. The number of benzene rings is 1. The summed E-state index contributed by atoms with van der Waals surface area (Å²) in [6, 6.07) is 12.1. The van der Waals surface area contributed by atoms with Crippen molar-refractivity contribution in [3.05, 3.63) is 66.1 Å². The van der Waals surface area contributed by atoms with Crippen LogP contribution in [-0.4, -0.2) is 53.2 Å². The maximum Gasteiger partial charge on any atom is 0.303 e. The number of ketones is 1. The van der Waals surface area contributed by atoms with Crippen molar-refractivity contribution in [1.29, 1.82) is 0 Å². The van der Waals surface area contributed by atoms with E-state index in [2.05, 4.69) is 0 Å². The monoisotopic (exact) mass is 512 g/mol. The lowest BCUT2D eigenvalue weighted by Gasteiger charge is -2.39. The van der Waals surface area contributed by atoms with Crippen molar-refractivity contribution in [2.75, 3.05) is 5.75 Å². The summed E-state index contributed by atoms with van der Waals surface area (Å²) in [6.07, 6.45) is -0.0775. The number of carbonyl (C=O) groups excluding carboxylic acids is 4. The topological polar surface area (TPSA) is 118 Å². The predicted molar refractivity (Wildman–Crippen MR) is 129 cm³/mol. The van der Waals surface area contributed by atoms with Crippen molar-refractivity contribution in [3.8, 4) is 16.9 Å². The molecule has 2 heterocycles. The van der Waals surface area contributed by atoms with Crippen LogP contribution in [0.3, 0.4) is 0 Å². The molecule has 0 amide bonds. The van der Waals surface area contributed by atoms with Gasteiger partial charge in [-0.1, -0.05) is 30.3 Å². The van der Waals surface area contributed by atoms with E-state index in [0.29, 0.717) is 28.0 Å². The normalized spacial score (nSPS) is 21.4. The fourth-order valence-corrected chi connectivity index (χ4v) is 5.25. The molecule has 0 aromatic heterocycles. The fraction of sp³-hybridized carbons (Fsp3) is 0.308. The van der Waals surface area contributed by atoms with Crippen LogP contribution in [0.2, 0.25) is 0 Å². The second-order valence-electron chi connectivity index (χ2n) is 8.12. The zero-order valence-electron chi connectivity index (χ0n) is 19.8. The molecular formula is C26H24O9S. The first kappa shape index (κ1) is 25.3.